The predicted molar refractivity (Wildman–Crippen MR) is 228 cm³/mol. The molecule has 2 aromatic heterocycles. The summed E-state index contributed by atoms with van der Waals surface area (Å²) < 4.78 is 44.0. The van der Waals surface area contributed by atoms with Gasteiger partial charge in [-0.25, -0.2) is 4.99 Å². The third-order valence-electron chi connectivity index (χ3n) is 12.4. The predicted octanol–water partition coefficient (Wildman–Crippen LogP) is 4.74. The number of aromatic nitrogens is 2. The number of carbonyl (C=O) groups excluding carboxylic acids is 4. The standard InChI is InChI=1S/C45H65N5O13/c1-13-36-45(10,55)41-26(4)37(48-29(7)51)24(2)19-44(9,57-22-33(21-56-41)49-58-23-32-15-14-31(20-46-32)35-16-17-47-63-35)40(27(5)38(53)28(6)42(54)61-36)62-43-39(60-30(8)52)34(50(11)12)18-25(3)59-43/h14-17,20,24-28,34,36,39-41,43,55H,13,18-19,21-23H2,1-12H3/b48-37?,49-33+/t24-,25-,26+,27+,28-,34+,36-,39-,40-,41-,43+,44-,45-/m1/s1. The molecule has 0 aromatic carbocycles. The van der Waals surface area contributed by atoms with Crippen molar-refractivity contribution >= 4 is 35.1 Å². The van der Waals surface area contributed by atoms with Gasteiger partial charge in [0.25, 0.3) is 0 Å². The molecular weight excluding hydrogens is 819 g/mol. The van der Waals surface area contributed by atoms with E-state index in [2.05, 4.69) is 20.3 Å². The zero-order valence-corrected chi connectivity index (χ0v) is 38.6. The molecule has 18 heteroatoms. The summed E-state index contributed by atoms with van der Waals surface area (Å²) >= 11 is 0. The van der Waals surface area contributed by atoms with Crippen LogP contribution in [0.1, 0.15) is 94.2 Å². The SMILES string of the molecule is CC[C@H]1OC(=O)[C@H](C)C(=O)[C@H](C)[C@@H](O[C@@H]2O[C@H](C)C[C@H](N(C)C)[C@H]2OC(C)=O)[C@@]2(C)C[C@@H](C)C(=NC(C)=O)[C@H](C)[C@@H](OC/C(=N\OCc3ccc(-c4ccno4)cn3)CO2)[C@]1(C)O. The van der Waals surface area contributed by atoms with Gasteiger partial charge in [0.2, 0.25) is 5.91 Å². The van der Waals surface area contributed by atoms with E-state index >= 15 is 0 Å². The van der Waals surface area contributed by atoms with Crippen LogP contribution in [0.3, 0.4) is 0 Å². The number of Topliss-reactive ketones (excluding diaryl/α,β-unsaturated/α-hetero) is 1. The molecule has 3 aliphatic heterocycles. The van der Waals surface area contributed by atoms with Gasteiger partial charge < -0.3 is 47.8 Å². The molecule has 2 aromatic rings. The average Bonchev–Trinajstić information content (AvgIpc) is 3.76. The zero-order valence-electron chi connectivity index (χ0n) is 38.6. The van der Waals surface area contributed by atoms with Gasteiger partial charge in [-0.15, -0.1) is 0 Å². The van der Waals surface area contributed by atoms with E-state index in [0.29, 0.717) is 23.6 Å². The molecule has 0 spiro atoms. The number of fused-ring (bicyclic) bond motifs is 5. The number of ether oxygens (including phenoxy) is 6. The van der Waals surface area contributed by atoms with Crippen molar-refractivity contribution in [2.45, 2.75) is 149 Å². The Morgan fingerprint density at radius 1 is 1.03 bits per heavy atom. The van der Waals surface area contributed by atoms with Crippen LogP contribution in [0.2, 0.25) is 0 Å². The summed E-state index contributed by atoms with van der Waals surface area (Å²) in [6, 6.07) is 4.98. The van der Waals surface area contributed by atoms with Crippen LogP contribution in [0.15, 0.2) is 45.3 Å². The molecule has 0 radical (unpaired) electrons. The fourth-order valence-corrected chi connectivity index (χ4v) is 9.12. The molecule has 0 aliphatic carbocycles. The molecule has 5 rings (SSSR count). The molecule has 1 N–H and O–H groups in total. The Bertz CT molecular complexity index is 1950. The number of amides is 1. The second-order valence-electron chi connectivity index (χ2n) is 17.8. The summed E-state index contributed by atoms with van der Waals surface area (Å²) in [7, 11) is 3.74. The number of rotatable bonds is 9. The molecule has 3 fully saturated rings. The van der Waals surface area contributed by atoms with Crippen LogP contribution in [0.4, 0.5) is 0 Å². The van der Waals surface area contributed by atoms with Gasteiger partial charge in [-0.05, 0) is 79.1 Å². The fraction of sp³-hybridized carbons (Fsp3) is 0.689. The lowest BCUT2D eigenvalue weighted by molar-refractivity contribution is -0.298. The zero-order chi connectivity index (χ0) is 46.4. The number of aliphatic hydroxyl groups is 1. The maximum absolute atomic E-state index is 14.7. The second-order valence-corrected chi connectivity index (χ2v) is 17.8. The maximum atomic E-state index is 14.7. The first-order valence-electron chi connectivity index (χ1n) is 21.7. The summed E-state index contributed by atoms with van der Waals surface area (Å²) in [6.07, 6.45) is -2.00. The Balaban J connectivity index is 1.66. The minimum absolute atomic E-state index is 0.0355. The molecule has 3 saturated heterocycles. The highest BCUT2D eigenvalue weighted by Crippen LogP contribution is 2.40. The lowest BCUT2D eigenvalue weighted by Crippen LogP contribution is -2.60. The number of likely N-dealkylation sites (N-methyl/N-ethyl adjacent to an activating group) is 1. The number of hydrogen-bond donors (Lipinski definition) is 1. The number of aliphatic imine (C=N–C) groups is 1. The average molecular weight is 884 g/mol. The number of hydrogen-bond acceptors (Lipinski definition) is 17. The highest BCUT2D eigenvalue weighted by atomic mass is 16.7. The maximum Gasteiger partial charge on any atom is 0.316 e. The van der Waals surface area contributed by atoms with Gasteiger partial charge in [0.1, 0.15) is 23.3 Å². The molecule has 18 nitrogen and oxygen atoms in total. The number of oxime groups is 1. The van der Waals surface area contributed by atoms with Crippen LogP contribution in [0, 0.1) is 23.7 Å². The molecule has 5 heterocycles. The van der Waals surface area contributed by atoms with E-state index in [1.54, 1.807) is 52.2 Å². The first-order chi connectivity index (χ1) is 29.7. The molecule has 1 amide bonds. The van der Waals surface area contributed by atoms with Crippen molar-refractivity contribution in [3.8, 4) is 11.3 Å². The largest absolute Gasteiger partial charge is 0.459 e. The second kappa shape index (κ2) is 21.0. The smallest absolute Gasteiger partial charge is 0.316 e. The summed E-state index contributed by atoms with van der Waals surface area (Å²) in [5.41, 5.74) is -1.41. The minimum Gasteiger partial charge on any atom is -0.459 e. The highest BCUT2D eigenvalue weighted by molar-refractivity contribution is 6.00. The van der Waals surface area contributed by atoms with Gasteiger partial charge in [0.05, 0.1) is 55.1 Å². The van der Waals surface area contributed by atoms with Crippen molar-refractivity contribution in [1.29, 1.82) is 0 Å². The van der Waals surface area contributed by atoms with E-state index in [1.807, 2.05) is 38.9 Å². The number of nitrogens with zero attached hydrogens (tertiary/aromatic N) is 5. The third kappa shape index (κ3) is 11.8. The fourth-order valence-electron chi connectivity index (χ4n) is 9.12. The lowest BCUT2D eigenvalue weighted by Gasteiger charge is -2.48. The van der Waals surface area contributed by atoms with Gasteiger partial charge in [-0.3, -0.25) is 24.2 Å². The minimum atomic E-state index is -1.88. The van der Waals surface area contributed by atoms with Crippen molar-refractivity contribution in [3.63, 3.8) is 0 Å². The molecule has 3 aliphatic rings. The quantitative estimate of drug-likeness (QED) is 0.204. The Morgan fingerprint density at radius 3 is 2.37 bits per heavy atom. The van der Waals surface area contributed by atoms with Gasteiger partial charge in [-0.1, -0.05) is 38.0 Å². The first kappa shape index (κ1) is 49.6. The first-order valence-corrected chi connectivity index (χ1v) is 21.7. The number of carbonyl (C=O) groups is 4. The number of ketones is 1. The van der Waals surface area contributed by atoms with Crippen LogP contribution < -0.4 is 0 Å². The van der Waals surface area contributed by atoms with Crippen LogP contribution in [-0.2, 0) is 59.0 Å². The topological polar surface area (TPSA) is 220 Å². The molecule has 348 valence electrons. The Labute approximate surface area is 369 Å². The van der Waals surface area contributed by atoms with Crippen molar-refractivity contribution in [1.82, 2.24) is 15.0 Å². The van der Waals surface area contributed by atoms with E-state index in [1.165, 1.54) is 27.7 Å². The number of cyclic esters (lactones) is 1. The monoisotopic (exact) mass is 883 g/mol. The Kier molecular flexibility index (Phi) is 16.5. The van der Waals surface area contributed by atoms with Gasteiger partial charge in [0.15, 0.2) is 30.5 Å². The van der Waals surface area contributed by atoms with Gasteiger partial charge in [-0.2, -0.15) is 0 Å². The normalized spacial score (nSPS) is 36.3. The molecule has 63 heavy (non-hydrogen) atoms. The van der Waals surface area contributed by atoms with Crippen LogP contribution in [-0.4, -0.2) is 137 Å². The van der Waals surface area contributed by atoms with Crippen LogP contribution >= 0.6 is 0 Å². The molecule has 2 bridgehead atoms. The third-order valence-corrected chi connectivity index (χ3v) is 12.4. The lowest BCUT2D eigenvalue weighted by atomic mass is 9.73. The van der Waals surface area contributed by atoms with Crippen molar-refractivity contribution in [3.05, 3.63) is 36.3 Å². The van der Waals surface area contributed by atoms with E-state index in [-0.39, 0.29) is 50.5 Å². The van der Waals surface area contributed by atoms with Crippen LogP contribution in [0.25, 0.3) is 11.3 Å². The number of esters is 2. The molecule has 0 unspecified atom stereocenters. The van der Waals surface area contributed by atoms with Crippen molar-refractivity contribution in [2.24, 2.45) is 33.8 Å². The molecule has 13 atom stereocenters. The van der Waals surface area contributed by atoms with E-state index in [9.17, 15) is 24.3 Å². The Morgan fingerprint density at radius 2 is 1.76 bits per heavy atom. The van der Waals surface area contributed by atoms with Gasteiger partial charge in [0, 0.05) is 49.2 Å². The summed E-state index contributed by atoms with van der Waals surface area (Å²) in [5.74, 6) is -5.53. The van der Waals surface area contributed by atoms with E-state index in [4.69, 9.17) is 37.8 Å². The van der Waals surface area contributed by atoms with Crippen molar-refractivity contribution < 1.29 is 62.1 Å². The van der Waals surface area contributed by atoms with Crippen molar-refractivity contribution in [2.75, 3.05) is 27.3 Å². The van der Waals surface area contributed by atoms with Crippen LogP contribution in [0.5, 0.6) is 0 Å². The summed E-state index contributed by atoms with van der Waals surface area (Å²) in [4.78, 5) is 70.9. The van der Waals surface area contributed by atoms with Gasteiger partial charge >= 0.3 is 11.9 Å². The summed E-state index contributed by atoms with van der Waals surface area (Å²) in [6.45, 7) is 15.8. The Hall–Kier alpha value is -4.46. The van der Waals surface area contributed by atoms with E-state index in [0.717, 1.165) is 5.56 Å². The molecular formula is C45H65N5O13. The van der Waals surface area contributed by atoms with E-state index < -0.39 is 89.2 Å². The summed E-state index contributed by atoms with van der Waals surface area (Å²) in [5, 5.41) is 20.7. The highest BCUT2D eigenvalue weighted by Gasteiger charge is 2.53. The molecule has 0 saturated carbocycles. The number of pyridine rings is 1.